The Hall–Kier alpha value is -3.66. The van der Waals surface area contributed by atoms with Crippen LogP contribution < -0.4 is 4.90 Å². The largest absolute Gasteiger partial charge is 0.444 e. The molecule has 0 bridgehead atoms. The first kappa shape index (κ1) is 19.3. The Bertz CT molecular complexity index is 1160. The van der Waals surface area contributed by atoms with Gasteiger partial charge in [-0.2, -0.15) is 0 Å². The molecule has 2 fully saturated rings. The zero-order valence-electron chi connectivity index (χ0n) is 16.5. The number of hydrogen-bond donors (Lipinski definition) is 1. The molecule has 0 radical (unpaired) electrons. The molecule has 1 saturated heterocycles. The van der Waals surface area contributed by atoms with Gasteiger partial charge >= 0.3 is 6.09 Å². The number of ether oxygens (including phenoxy) is 1. The molecule has 2 aliphatic rings. The van der Waals surface area contributed by atoms with Crippen LogP contribution in [0.25, 0.3) is 28.8 Å². The maximum atomic E-state index is 14.9. The van der Waals surface area contributed by atoms with E-state index in [0.29, 0.717) is 34.8 Å². The van der Waals surface area contributed by atoms with Crippen LogP contribution in [0.15, 0.2) is 43.1 Å². The molecular weight excluding hydrogens is 403 g/mol. The molecule has 10 heteroatoms. The molecule has 0 spiro atoms. The zero-order valence-corrected chi connectivity index (χ0v) is 16.5. The number of rotatable bonds is 6. The van der Waals surface area contributed by atoms with Crippen LogP contribution in [0, 0.1) is 5.82 Å². The van der Waals surface area contributed by atoms with Crippen molar-refractivity contribution in [2.24, 2.45) is 0 Å². The zero-order chi connectivity index (χ0) is 21.6. The second-order valence-electron chi connectivity index (χ2n) is 7.76. The SMILES string of the molecule is C=Cn1nnc(-c2ccc(-c3ccc(N4C[C@H](CC5(O)CC5)OC4=O)cc3F)cn2)n1. The molecule has 31 heavy (non-hydrogen) atoms. The number of carbonyl (C=O) groups is 1. The van der Waals surface area contributed by atoms with E-state index in [1.54, 1.807) is 24.3 Å². The maximum absolute atomic E-state index is 14.9. The van der Waals surface area contributed by atoms with E-state index in [9.17, 15) is 14.3 Å². The molecule has 1 aliphatic carbocycles. The van der Waals surface area contributed by atoms with Gasteiger partial charge in [-0.1, -0.05) is 12.6 Å². The average Bonchev–Trinajstić information content (AvgIpc) is 3.15. The summed E-state index contributed by atoms with van der Waals surface area (Å²) in [6.45, 7) is 3.84. The lowest BCUT2D eigenvalue weighted by Crippen LogP contribution is -2.26. The minimum Gasteiger partial charge on any atom is -0.444 e. The molecule has 1 atom stereocenters. The van der Waals surface area contributed by atoms with Gasteiger partial charge in [0.2, 0.25) is 5.82 Å². The van der Waals surface area contributed by atoms with Crippen LogP contribution in [0.2, 0.25) is 0 Å². The Morgan fingerprint density at radius 1 is 1.32 bits per heavy atom. The van der Waals surface area contributed by atoms with Crippen molar-refractivity contribution in [3.8, 4) is 22.6 Å². The number of pyridine rings is 1. The number of amides is 1. The first-order valence-corrected chi connectivity index (χ1v) is 9.83. The van der Waals surface area contributed by atoms with E-state index in [4.69, 9.17) is 4.74 Å². The number of tetrazole rings is 1. The highest BCUT2D eigenvalue weighted by Gasteiger charge is 2.46. The predicted molar refractivity (Wildman–Crippen MR) is 109 cm³/mol. The topological polar surface area (TPSA) is 106 Å². The molecule has 3 heterocycles. The van der Waals surface area contributed by atoms with Crippen molar-refractivity contribution in [2.45, 2.75) is 31.0 Å². The lowest BCUT2D eigenvalue weighted by atomic mass is 10.1. The van der Waals surface area contributed by atoms with Crippen molar-refractivity contribution in [2.75, 3.05) is 11.4 Å². The number of benzene rings is 1. The molecule has 0 unspecified atom stereocenters. The number of cyclic esters (lactones) is 1. The first-order valence-electron chi connectivity index (χ1n) is 9.83. The lowest BCUT2D eigenvalue weighted by Gasteiger charge is -2.15. The van der Waals surface area contributed by atoms with E-state index in [1.807, 2.05) is 0 Å². The third-order valence-electron chi connectivity index (χ3n) is 5.47. The van der Waals surface area contributed by atoms with Gasteiger partial charge in [0.05, 0.1) is 17.8 Å². The summed E-state index contributed by atoms with van der Waals surface area (Å²) in [6.07, 6.45) is 3.86. The van der Waals surface area contributed by atoms with Crippen LogP contribution >= 0.6 is 0 Å². The Morgan fingerprint density at radius 3 is 2.81 bits per heavy atom. The Balaban J connectivity index is 1.33. The normalized spacial score (nSPS) is 19.4. The van der Waals surface area contributed by atoms with Crippen LogP contribution in [0.1, 0.15) is 19.3 Å². The molecule has 5 rings (SSSR count). The van der Waals surface area contributed by atoms with E-state index in [0.717, 1.165) is 12.8 Å². The fourth-order valence-corrected chi connectivity index (χ4v) is 3.61. The Kier molecular flexibility index (Phi) is 4.51. The van der Waals surface area contributed by atoms with Gasteiger partial charge in [0.15, 0.2) is 0 Å². The third-order valence-corrected chi connectivity index (χ3v) is 5.47. The van der Waals surface area contributed by atoms with Gasteiger partial charge in [-0.15, -0.1) is 15.0 Å². The smallest absolute Gasteiger partial charge is 0.414 e. The minimum absolute atomic E-state index is 0.286. The van der Waals surface area contributed by atoms with Crippen molar-refractivity contribution in [3.05, 3.63) is 48.9 Å². The molecule has 3 aromatic rings. The average molecular weight is 422 g/mol. The number of aliphatic hydroxyl groups is 1. The van der Waals surface area contributed by atoms with Crippen molar-refractivity contribution in [3.63, 3.8) is 0 Å². The fourth-order valence-electron chi connectivity index (χ4n) is 3.61. The summed E-state index contributed by atoms with van der Waals surface area (Å²) in [5, 5.41) is 21.8. The highest BCUT2D eigenvalue weighted by atomic mass is 19.1. The van der Waals surface area contributed by atoms with Gasteiger partial charge in [-0.25, -0.2) is 9.18 Å². The van der Waals surface area contributed by atoms with E-state index in [2.05, 4.69) is 27.0 Å². The number of nitrogens with zero attached hydrogens (tertiary/aromatic N) is 6. The number of aromatic nitrogens is 5. The summed E-state index contributed by atoms with van der Waals surface area (Å²) < 4.78 is 20.2. The van der Waals surface area contributed by atoms with Crippen molar-refractivity contribution in [1.82, 2.24) is 25.2 Å². The lowest BCUT2D eigenvalue weighted by molar-refractivity contribution is 0.0705. The van der Waals surface area contributed by atoms with Gasteiger partial charge in [0, 0.05) is 29.9 Å². The molecular formula is C21H19FN6O3. The summed E-state index contributed by atoms with van der Waals surface area (Å²) in [6, 6.07) is 7.96. The van der Waals surface area contributed by atoms with Crippen molar-refractivity contribution < 1.29 is 19.0 Å². The van der Waals surface area contributed by atoms with Crippen LogP contribution in [0.4, 0.5) is 14.9 Å². The maximum Gasteiger partial charge on any atom is 0.414 e. The minimum atomic E-state index is -0.718. The highest BCUT2D eigenvalue weighted by molar-refractivity contribution is 5.90. The van der Waals surface area contributed by atoms with Gasteiger partial charge in [0.25, 0.3) is 0 Å². The van der Waals surface area contributed by atoms with Crippen LogP contribution in [0.3, 0.4) is 0 Å². The number of halogens is 1. The monoisotopic (exact) mass is 422 g/mol. The second-order valence-corrected chi connectivity index (χ2v) is 7.76. The summed E-state index contributed by atoms with van der Waals surface area (Å²) in [5.41, 5.74) is 1.11. The van der Waals surface area contributed by atoms with Gasteiger partial charge in [-0.05, 0) is 42.3 Å². The predicted octanol–water partition coefficient (Wildman–Crippen LogP) is 2.88. The summed E-state index contributed by atoms with van der Waals surface area (Å²) in [4.78, 5) is 19.1. The van der Waals surface area contributed by atoms with Crippen molar-refractivity contribution >= 4 is 18.0 Å². The summed E-state index contributed by atoms with van der Waals surface area (Å²) in [5.74, 6) is -0.153. The number of anilines is 1. The van der Waals surface area contributed by atoms with E-state index >= 15 is 0 Å². The Morgan fingerprint density at radius 2 is 2.16 bits per heavy atom. The van der Waals surface area contributed by atoms with Gasteiger partial charge < -0.3 is 9.84 Å². The molecule has 1 saturated carbocycles. The second kappa shape index (κ2) is 7.24. The molecule has 158 valence electrons. The quantitative estimate of drug-likeness (QED) is 0.651. The van der Waals surface area contributed by atoms with Crippen LogP contribution in [-0.2, 0) is 4.74 Å². The fraction of sp³-hybridized carbons (Fsp3) is 0.286. The molecule has 1 aliphatic heterocycles. The van der Waals surface area contributed by atoms with Crippen molar-refractivity contribution in [1.29, 1.82) is 0 Å². The number of hydrogen-bond acceptors (Lipinski definition) is 7. The molecule has 1 amide bonds. The van der Waals surface area contributed by atoms with Crippen LogP contribution in [-0.4, -0.2) is 54.6 Å². The standard InChI is InChI=1S/C21H19FN6O3/c1-2-28-25-19(24-26-28)18-6-3-13(11-23-18)16-5-4-14(9-17(16)22)27-12-15(31-20(27)29)10-21(30)7-8-21/h2-6,9,11,15,30H,1,7-8,10,12H2/t15-/m0/s1. The van der Waals surface area contributed by atoms with E-state index in [1.165, 1.54) is 28.2 Å². The van der Waals surface area contributed by atoms with Gasteiger partial charge in [0.1, 0.15) is 17.6 Å². The van der Waals surface area contributed by atoms with Crippen LogP contribution in [0.5, 0.6) is 0 Å². The highest BCUT2D eigenvalue weighted by Crippen LogP contribution is 2.41. The molecule has 2 aromatic heterocycles. The first-order chi connectivity index (χ1) is 14.9. The summed E-state index contributed by atoms with van der Waals surface area (Å²) >= 11 is 0. The van der Waals surface area contributed by atoms with E-state index in [-0.39, 0.29) is 6.54 Å². The molecule has 1 N–H and O–H groups in total. The molecule has 9 nitrogen and oxygen atoms in total. The summed E-state index contributed by atoms with van der Waals surface area (Å²) in [7, 11) is 0. The van der Waals surface area contributed by atoms with Gasteiger partial charge in [-0.3, -0.25) is 9.88 Å². The molecule has 1 aromatic carbocycles. The third kappa shape index (κ3) is 3.77. The number of carbonyl (C=O) groups excluding carboxylic acids is 1. The Labute approximate surface area is 176 Å². The van der Waals surface area contributed by atoms with E-state index < -0.39 is 23.6 Å².